The molecule has 0 aliphatic carbocycles. The van der Waals surface area contributed by atoms with E-state index in [4.69, 9.17) is 9.84 Å². The van der Waals surface area contributed by atoms with Crippen LogP contribution in [0.5, 0.6) is 11.5 Å². The van der Waals surface area contributed by atoms with Crippen LogP contribution in [0.15, 0.2) is 46.9 Å². The fourth-order valence-corrected chi connectivity index (χ4v) is 1.95. The van der Waals surface area contributed by atoms with E-state index >= 15 is 0 Å². The first-order valence-electron chi connectivity index (χ1n) is 5.42. The van der Waals surface area contributed by atoms with Crippen LogP contribution < -0.4 is 4.74 Å². The monoisotopic (exact) mass is 337 g/mol. The van der Waals surface area contributed by atoms with E-state index in [1.165, 1.54) is 30.3 Å². The quantitative estimate of drug-likeness (QED) is 0.676. The maximum absolute atomic E-state index is 10.9. The van der Waals surface area contributed by atoms with E-state index in [2.05, 4.69) is 15.9 Å². The van der Waals surface area contributed by atoms with Gasteiger partial charge >= 0.3 is 5.97 Å². The molecule has 1 N–H and O–H groups in total. The lowest BCUT2D eigenvalue weighted by molar-refractivity contribution is -0.384. The minimum absolute atomic E-state index is 0.0662. The predicted molar refractivity (Wildman–Crippen MR) is 74.3 cm³/mol. The van der Waals surface area contributed by atoms with Gasteiger partial charge < -0.3 is 9.84 Å². The van der Waals surface area contributed by atoms with E-state index in [1.807, 2.05) is 0 Å². The molecule has 102 valence electrons. The van der Waals surface area contributed by atoms with Crippen molar-refractivity contribution in [2.45, 2.75) is 0 Å². The number of hydrogen-bond donors (Lipinski definition) is 1. The first-order chi connectivity index (χ1) is 9.47. The number of ether oxygens (including phenoxy) is 1. The standard InChI is InChI=1S/C13H8BrNO5/c14-11-7-9(15(18)19)4-5-12(11)20-10-3-1-2-8(6-10)13(16)17/h1-7H,(H,16,17). The number of rotatable bonds is 4. The smallest absolute Gasteiger partial charge is 0.335 e. The molecule has 6 nitrogen and oxygen atoms in total. The first-order valence-corrected chi connectivity index (χ1v) is 6.22. The molecule has 0 radical (unpaired) electrons. The molecule has 2 aromatic carbocycles. The number of non-ortho nitro benzene ring substituents is 1. The van der Waals surface area contributed by atoms with Crippen molar-refractivity contribution in [3.63, 3.8) is 0 Å². The van der Waals surface area contributed by atoms with Crippen molar-refractivity contribution >= 4 is 27.6 Å². The van der Waals surface area contributed by atoms with Gasteiger partial charge in [-0.25, -0.2) is 4.79 Å². The molecule has 7 heteroatoms. The Kier molecular flexibility index (Phi) is 3.99. The average Bonchev–Trinajstić information content (AvgIpc) is 2.41. The summed E-state index contributed by atoms with van der Waals surface area (Å²) in [6.45, 7) is 0. The van der Waals surface area contributed by atoms with E-state index in [-0.39, 0.29) is 11.3 Å². The number of nitro groups is 1. The maximum atomic E-state index is 10.9. The molecule has 0 aliphatic heterocycles. The van der Waals surface area contributed by atoms with Crippen LogP contribution in [0.3, 0.4) is 0 Å². The van der Waals surface area contributed by atoms with Gasteiger partial charge in [0.25, 0.3) is 5.69 Å². The lowest BCUT2D eigenvalue weighted by Crippen LogP contribution is -1.96. The van der Waals surface area contributed by atoms with E-state index < -0.39 is 10.9 Å². The number of aromatic carboxylic acids is 1. The van der Waals surface area contributed by atoms with Crippen molar-refractivity contribution in [1.82, 2.24) is 0 Å². The number of carboxylic acid groups (broad SMARTS) is 1. The minimum Gasteiger partial charge on any atom is -0.478 e. The second kappa shape index (κ2) is 5.70. The molecule has 0 amide bonds. The largest absolute Gasteiger partial charge is 0.478 e. The molecule has 0 fully saturated rings. The Balaban J connectivity index is 2.28. The molecule has 0 saturated heterocycles. The zero-order chi connectivity index (χ0) is 14.7. The summed E-state index contributed by atoms with van der Waals surface area (Å²) in [7, 11) is 0. The number of halogens is 1. The van der Waals surface area contributed by atoms with Crippen LogP contribution in [0.2, 0.25) is 0 Å². The number of nitrogens with zero attached hydrogens (tertiary/aromatic N) is 1. The van der Waals surface area contributed by atoms with Crippen LogP contribution in [0.4, 0.5) is 5.69 Å². The Morgan fingerprint density at radius 2 is 2.00 bits per heavy atom. The molecule has 0 unspecified atom stereocenters. The average molecular weight is 338 g/mol. The lowest BCUT2D eigenvalue weighted by atomic mass is 10.2. The van der Waals surface area contributed by atoms with Crippen LogP contribution in [-0.4, -0.2) is 16.0 Å². The molecule has 0 heterocycles. The molecule has 0 spiro atoms. The summed E-state index contributed by atoms with van der Waals surface area (Å²) < 4.78 is 5.91. The highest BCUT2D eigenvalue weighted by molar-refractivity contribution is 9.10. The third-order valence-corrected chi connectivity index (χ3v) is 3.05. The number of carbonyl (C=O) groups is 1. The van der Waals surface area contributed by atoms with Crippen molar-refractivity contribution in [3.8, 4) is 11.5 Å². The molecule has 0 aliphatic rings. The van der Waals surface area contributed by atoms with E-state index in [1.54, 1.807) is 12.1 Å². The minimum atomic E-state index is -1.06. The topological polar surface area (TPSA) is 89.7 Å². The third kappa shape index (κ3) is 3.12. The maximum Gasteiger partial charge on any atom is 0.335 e. The van der Waals surface area contributed by atoms with Crippen molar-refractivity contribution in [3.05, 3.63) is 62.6 Å². The zero-order valence-corrected chi connectivity index (χ0v) is 11.5. The summed E-state index contributed by atoms with van der Waals surface area (Å²) in [4.78, 5) is 21.0. The molecule has 2 aromatic rings. The Hall–Kier alpha value is -2.41. The molecular weight excluding hydrogens is 330 g/mol. The predicted octanol–water partition coefficient (Wildman–Crippen LogP) is 3.85. The van der Waals surface area contributed by atoms with Gasteiger partial charge in [-0.1, -0.05) is 6.07 Å². The van der Waals surface area contributed by atoms with Crippen molar-refractivity contribution in [2.24, 2.45) is 0 Å². The molecule has 2 rings (SSSR count). The van der Waals surface area contributed by atoms with E-state index in [0.717, 1.165) is 0 Å². The summed E-state index contributed by atoms with van der Waals surface area (Å²) >= 11 is 3.17. The van der Waals surface area contributed by atoms with Crippen LogP contribution >= 0.6 is 15.9 Å². The summed E-state index contributed by atoms with van der Waals surface area (Å²) in [5.41, 5.74) is 0.0315. The Morgan fingerprint density at radius 3 is 2.60 bits per heavy atom. The summed E-state index contributed by atoms with van der Waals surface area (Å²) in [6.07, 6.45) is 0. The number of carboxylic acids is 1. The Bertz CT molecular complexity index is 686. The van der Waals surface area contributed by atoms with Crippen LogP contribution in [0.1, 0.15) is 10.4 Å². The molecule has 0 atom stereocenters. The Morgan fingerprint density at radius 1 is 1.25 bits per heavy atom. The van der Waals surface area contributed by atoms with Gasteiger partial charge in [-0.2, -0.15) is 0 Å². The van der Waals surface area contributed by atoms with Gasteiger partial charge in [0.15, 0.2) is 0 Å². The molecule has 20 heavy (non-hydrogen) atoms. The second-order valence-electron chi connectivity index (χ2n) is 3.81. The second-order valence-corrected chi connectivity index (χ2v) is 4.66. The van der Waals surface area contributed by atoms with Gasteiger partial charge in [0.1, 0.15) is 11.5 Å². The van der Waals surface area contributed by atoms with Gasteiger partial charge in [-0.05, 0) is 40.2 Å². The molecule has 0 saturated carbocycles. The van der Waals surface area contributed by atoms with Crippen LogP contribution in [0.25, 0.3) is 0 Å². The summed E-state index contributed by atoms with van der Waals surface area (Å²) in [5.74, 6) is -0.365. The van der Waals surface area contributed by atoms with Gasteiger partial charge in [-0.3, -0.25) is 10.1 Å². The van der Waals surface area contributed by atoms with Crippen molar-refractivity contribution < 1.29 is 19.6 Å². The highest BCUT2D eigenvalue weighted by Gasteiger charge is 2.11. The van der Waals surface area contributed by atoms with Crippen LogP contribution in [0, 0.1) is 10.1 Å². The summed E-state index contributed by atoms with van der Waals surface area (Å²) in [6, 6.07) is 10.0. The van der Waals surface area contributed by atoms with E-state index in [9.17, 15) is 14.9 Å². The highest BCUT2D eigenvalue weighted by atomic mass is 79.9. The van der Waals surface area contributed by atoms with Crippen molar-refractivity contribution in [2.75, 3.05) is 0 Å². The van der Waals surface area contributed by atoms with Gasteiger partial charge in [0.2, 0.25) is 0 Å². The highest BCUT2D eigenvalue weighted by Crippen LogP contribution is 2.32. The normalized spacial score (nSPS) is 10.1. The van der Waals surface area contributed by atoms with Gasteiger partial charge in [-0.15, -0.1) is 0 Å². The lowest BCUT2D eigenvalue weighted by Gasteiger charge is -2.08. The summed E-state index contributed by atoms with van der Waals surface area (Å²) in [5, 5.41) is 19.5. The first kappa shape index (κ1) is 14.0. The molecule has 0 bridgehead atoms. The van der Waals surface area contributed by atoms with Gasteiger partial charge in [0, 0.05) is 12.1 Å². The fraction of sp³-hybridized carbons (Fsp3) is 0. The fourth-order valence-electron chi connectivity index (χ4n) is 1.51. The third-order valence-electron chi connectivity index (χ3n) is 2.44. The molecule has 0 aromatic heterocycles. The van der Waals surface area contributed by atoms with Crippen LogP contribution in [-0.2, 0) is 0 Å². The SMILES string of the molecule is O=C(O)c1cccc(Oc2ccc([N+](=O)[O-])cc2Br)c1. The van der Waals surface area contributed by atoms with Gasteiger partial charge in [0.05, 0.1) is 15.0 Å². The van der Waals surface area contributed by atoms with E-state index in [0.29, 0.717) is 16.0 Å². The number of benzene rings is 2. The number of nitro benzene ring substituents is 1. The Labute approximate surface area is 121 Å². The van der Waals surface area contributed by atoms with Crippen molar-refractivity contribution in [1.29, 1.82) is 0 Å². The zero-order valence-electron chi connectivity index (χ0n) is 9.95. The number of hydrogen-bond acceptors (Lipinski definition) is 4. The molecular formula is C13H8BrNO5.